The lowest BCUT2D eigenvalue weighted by molar-refractivity contribution is -0.147. The van der Waals surface area contributed by atoms with Gasteiger partial charge < -0.3 is 10.4 Å². The Balaban J connectivity index is 1.85. The number of carbonyl (C=O) groups is 1. The van der Waals surface area contributed by atoms with Crippen molar-refractivity contribution in [1.29, 1.82) is 0 Å². The first-order valence-corrected chi connectivity index (χ1v) is 6.89. The maximum atomic E-state index is 11.5. The van der Waals surface area contributed by atoms with E-state index >= 15 is 0 Å². The Labute approximate surface area is 117 Å². The minimum atomic E-state index is -0.700. The van der Waals surface area contributed by atoms with Gasteiger partial charge in [-0.2, -0.15) is 10.2 Å². The van der Waals surface area contributed by atoms with Crippen molar-refractivity contribution >= 4 is 22.6 Å². The minimum absolute atomic E-state index is 0.442. The SMILES string of the molecule is O=C(O)C1(CNc2cnnc3ccccc23)CCCC1. The normalized spacial score (nSPS) is 17.2. The van der Waals surface area contributed by atoms with Crippen LogP contribution in [0.2, 0.25) is 0 Å². The molecule has 5 nitrogen and oxygen atoms in total. The second-order valence-corrected chi connectivity index (χ2v) is 5.42. The molecule has 0 amide bonds. The monoisotopic (exact) mass is 271 g/mol. The molecule has 1 fully saturated rings. The van der Waals surface area contributed by atoms with Crippen LogP contribution in [0.25, 0.3) is 10.9 Å². The Kier molecular flexibility index (Phi) is 3.26. The van der Waals surface area contributed by atoms with Crippen molar-refractivity contribution in [3.05, 3.63) is 30.5 Å². The second-order valence-electron chi connectivity index (χ2n) is 5.42. The topological polar surface area (TPSA) is 75.1 Å². The third-order valence-corrected chi connectivity index (χ3v) is 4.18. The van der Waals surface area contributed by atoms with Crippen LogP contribution in [0.5, 0.6) is 0 Å². The van der Waals surface area contributed by atoms with Crippen molar-refractivity contribution in [2.75, 3.05) is 11.9 Å². The van der Waals surface area contributed by atoms with E-state index in [2.05, 4.69) is 15.5 Å². The number of anilines is 1. The molecule has 0 aliphatic heterocycles. The number of nitrogens with one attached hydrogen (secondary N) is 1. The molecule has 0 radical (unpaired) electrons. The van der Waals surface area contributed by atoms with E-state index in [0.29, 0.717) is 6.54 Å². The lowest BCUT2D eigenvalue weighted by Gasteiger charge is -2.24. The fourth-order valence-corrected chi connectivity index (χ4v) is 2.93. The number of carboxylic acid groups (broad SMARTS) is 1. The molecular weight excluding hydrogens is 254 g/mol. The molecule has 0 saturated heterocycles. The minimum Gasteiger partial charge on any atom is -0.481 e. The summed E-state index contributed by atoms with van der Waals surface area (Å²) >= 11 is 0. The first-order chi connectivity index (χ1) is 9.71. The number of aliphatic carboxylic acids is 1. The number of hydrogen-bond donors (Lipinski definition) is 2. The Hall–Kier alpha value is -2.17. The van der Waals surface area contributed by atoms with Gasteiger partial charge in [0.1, 0.15) is 0 Å². The number of nitrogens with zero attached hydrogens (tertiary/aromatic N) is 2. The summed E-state index contributed by atoms with van der Waals surface area (Å²) in [6.45, 7) is 0.442. The summed E-state index contributed by atoms with van der Waals surface area (Å²) in [6, 6.07) is 7.72. The van der Waals surface area contributed by atoms with Gasteiger partial charge in [-0.3, -0.25) is 4.79 Å². The Bertz CT molecular complexity index is 631. The van der Waals surface area contributed by atoms with Gasteiger partial charge in [0.15, 0.2) is 0 Å². The summed E-state index contributed by atoms with van der Waals surface area (Å²) in [6.07, 6.45) is 5.12. The van der Waals surface area contributed by atoms with E-state index in [9.17, 15) is 9.90 Å². The molecule has 0 spiro atoms. The summed E-state index contributed by atoms with van der Waals surface area (Å²) in [5.41, 5.74) is 1.03. The summed E-state index contributed by atoms with van der Waals surface area (Å²) < 4.78 is 0. The lowest BCUT2D eigenvalue weighted by atomic mass is 9.86. The fraction of sp³-hybridized carbons (Fsp3) is 0.400. The molecule has 3 rings (SSSR count). The molecule has 2 aromatic rings. The van der Waals surface area contributed by atoms with Crippen molar-refractivity contribution in [2.45, 2.75) is 25.7 Å². The van der Waals surface area contributed by atoms with Crippen molar-refractivity contribution in [1.82, 2.24) is 10.2 Å². The quantitative estimate of drug-likeness (QED) is 0.894. The number of carboxylic acids is 1. The second kappa shape index (κ2) is 5.07. The maximum absolute atomic E-state index is 11.5. The Morgan fingerprint density at radius 2 is 2.05 bits per heavy atom. The molecule has 1 aliphatic rings. The molecular formula is C15H17N3O2. The maximum Gasteiger partial charge on any atom is 0.311 e. The zero-order valence-electron chi connectivity index (χ0n) is 11.2. The van der Waals surface area contributed by atoms with E-state index in [1.165, 1.54) is 0 Å². The number of hydrogen-bond acceptors (Lipinski definition) is 4. The van der Waals surface area contributed by atoms with Crippen LogP contribution in [-0.2, 0) is 4.79 Å². The molecule has 104 valence electrons. The molecule has 5 heteroatoms. The van der Waals surface area contributed by atoms with Gasteiger partial charge in [0.05, 0.1) is 22.8 Å². The van der Waals surface area contributed by atoms with Crippen molar-refractivity contribution < 1.29 is 9.90 Å². The zero-order chi connectivity index (χ0) is 14.0. The third kappa shape index (κ3) is 2.19. The molecule has 1 aromatic heterocycles. The van der Waals surface area contributed by atoms with Gasteiger partial charge in [0, 0.05) is 11.9 Å². The van der Waals surface area contributed by atoms with Crippen LogP contribution in [0.3, 0.4) is 0 Å². The smallest absolute Gasteiger partial charge is 0.311 e. The van der Waals surface area contributed by atoms with Crippen LogP contribution in [0.15, 0.2) is 30.5 Å². The fourth-order valence-electron chi connectivity index (χ4n) is 2.93. The van der Waals surface area contributed by atoms with Gasteiger partial charge in [-0.1, -0.05) is 31.0 Å². The average Bonchev–Trinajstić information content (AvgIpc) is 2.95. The third-order valence-electron chi connectivity index (χ3n) is 4.18. The Morgan fingerprint density at radius 3 is 2.80 bits per heavy atom. The van der Waals surface area contributed by atoms with E-state index in [4.69, 9.17) is 0 Å². The molecule has 0 atom stereocenters. The first kappa shape index (κ1) is 12.8. The summed E-state index contributed by atoms with van der Waals surface area (Å²) in [5.74, 6) is -0.700. The van der Waals surface area contributed by atoms with Crippen molar-refractivity contribution in [3.63, 3.8) is 0 Å². The van der Waals surface area contributed by atoms with E-state index in [1.54, 1.807) is 6.20 Å². The predicted octanol–water partition coefficient (Wildman–Crippen LogP) is 2.69. The number of aromatic nitrogens is 2. The highest BCUT2D eigenvalue weighted by molar-refractivity contribution is 5.90. The Morgan fingerprint density at radius 1 is 1.30 bits per heavy atom. The summed E-state index contributed by atoms with van der Waals surface area (Å²) in [4.78, 5) is 11.5. The first-order valence-electron chi connectivity index (χ1n) is 6.89. The van der Waals surface area contributed by atoms with Gasteiger partial charge in [-0.25, -0.2) is 0 Å². The zero-order valence-corrected chi connectivity index (χ0v) is 11.2. The van der Waals surface area contributed by atoms with Crippen LogP contribution in [-0.4, -0.2) is 27.8 Å². The van der Waals surface area contributed by atoms with Crippen molar-refractivity contribution in [3.8, 4) is 0 Å². The number of rotatable bonds is 4. The van der Waals surface area contributed by atoms with Crippen LogP contribution >= 0.6 is 0 Å². The van der Waals surface area contributed by atoms with Crippen LogP contribution < -0.4 is 5.32 Å². The van der Waals surface area contributed by atoms with Crippen LogP contribution in [0, 0.1) is 5.41 Å². The number of fused-ring (bicyclic) bond motifs is 1. The van der Waals surface area contributed by atoms with Gasteiger partial charge in [0.2, 0.25) is 0 Å². The lowest BCUT2D eigenvalue weighted by Crippen LogP contribution is -2.35. The molecule has 1 aliphatic carbocycles. The average molecular weight is 271 g/mol. The summed E-state index contributed by atoms with van der Waals surface area (Å²) in [7, 11) is 0. The van der Waals surface area contributed by atoms with Gasteiger partial charge in [-0.15, -0.1) is 0 Å². The van der Waals surface area contributed by atoms with E-state index < -0.39 is 11.4 Å². The van der Waals surface area contributed by atoms with Crippen LogP contribution in [0.4, 0.5) is 5.69 Å². The van der Waals surface area contributed by atoms with Gasteiger partial charge in [0.25, 0.3) is 0 Å². The van der Waals surface area contributed by atoms with E-state index in [-0.39, 0.29) is 0 Å². The standard InChI is InChI=1S/C15H17N3O2/c19-14(20)15(7-3-4-8-15)10-16-13-9-17-18-12-6-2-1-5-11(12)13/h1-2,5-6,9H,3-4,7-8,10H2,(H,16,18)(H,19,20). The molecule has 1 aromatic carbocycles. The highest BCUT2D eigenvalue weighted by Gasteiger charge is 2.41. The summed E-state index contributed by atoms with van der Waals surface area (Å²) in [5, 5.41) is 21.8. The van der Waals surface area contributed by atoms with E-state index in [0.717, 1.165) is 42.3 Å². The molecule has 2 N–H and O–H groups in total. The molecule has 1 saturated carbocycles. The number of benzene rings is 1. The molecule has 1 heterocycles. The molecule has 0 bridgehead atoms. The highest BCUT2D eigenvalue weighted by atomic mass is 16.4. The van der Waals surface area contributed by atoms with Gasteiger partial charge in [-0.05, 0) is 18.9 Å². The molecule has 20 heavy (non-hydrogen) atoms. The largest absolute Gasteiger partial charge is 0.481 e. The predicted molar refractivity (Wildman–Crippen MR) is 76.6 cm³/mol. The molecule has 0 unspecified atom stereocenters. The van der Waals surface area contributed by atoms with Crippen molar-refractivity contribution in [2.24, 2.45) is 5.41 Å². The highest BCUT2D eigenvalue weighted by Crippen LogP contribution is 2.38. The van der Waals surface area contributed by atoms with Crippen LogP contribution in [0.1, 0.15) is 25.7 Å². The van der Waals surface area contributed by atoms with E-state index in [1.807, 2.05) is 24.3 Å². The van der Waals surface area contributed by atoms with Gasteiger partial charge >= 0.3 is 5.97 Å².